The lowest BCUT2D eigenvalue weighted by Crippen LogP contribution is -2.24. The Bertz CT molecular complexity index is 1460. The summed E-state index contributed by atoms with van der Waals surface area (Å²) in [6.07, 6.45) is 11.8. The van der Waals surface area contributed by atoms with Crippen LogP contribution in [0.25, 0.3) is 32.7 Å². The van der Waals surface area contributed by atoms with E-state index in [4.69, 9.17) is 9.47 Å². The summed E-state index contributed by atoms with van der Waals surface area (Å²) in [6.45, 7) is 11.2. The van der Waals surface area contributed by atoms with Crippen molar-refractivity contribution < 1.29 is 19.1 Å². The quantitative estimate of drug-likeness (QED) is 0.128. The summed E-state index contributed by atoms with van der Waals surface area (Å²) in [6, 6.07) is 18.2. The van der Waals surface area contributed by atoms with Gasteiger partial charge in [-0.3, -0.25) is 0 Å². The fraction of sp³-hybridized carbons (Fsp3) is 0.459. The number of hydrogen-bond donors (Lipinski definition) is 0. The lowest BCUT2D eigenvalue weighted by Gasteiger charge is -2.10. The van der Waals surface area contributed by atoms with Gasteiger partial charge in [-0.05, 0) is 28.0 Å². The summed E-state index contributed by atoms with van der Waals surface area (Å²) in [5.74, 6) is -1.43. The number of methoxy groups -OCH3 is 1. The number of esters is 2. The Kier molecular flexibility index (Phi) is 18.5. The summed E-state index contributed by atoms with van der Waals surface area (Å²) < 4.78 is 10.3. The Balaban J connectivity index is 0.000000899. The topological polar surface area (TPSA) is 100 Å². The van der Waals surface area contributed by atoms with Crippen LogP contribution in [0.2, 0.25) is 0 Å². The first-order chi connectivity index (χ1) is 20.9. The Morgan fingerprint density at radius 1 is 0.581 bits per heavy atom. The van der Waals surface area contributed by atoms with Crippen LogP contribution in [0, 0.1) is 22.7 Å². The third kappa shape index (κ3) is 10.9. The van der Waals surface area contributed by atoms with Gasteiger partial charge in [0.05, 0.1) is 13.7 Å². The van der Waals surface area contributed by atoms with Crippen molar-refractivity contribution in [3.8, 4) is 12.1 Å². The number of rotatable bonds is 11. The molecule has 0 saturated carbocycles. The van der Waals surface area contributed by atoms with Crippen LogP contribution in [0.5, 0.6) is 0 Å². The van der Waals surface area contributed by atoms with E-state index in [-0.39, 0.29) is 17.8 Å². The molecular formula is C37H48N2O4. The first kappa shape index (κ1) is 36.9. The van der Waals surface area contributed by atoms with Crippen molar-refractivity contribution in [3.63, 3.8) is 0 Å². The standard InChI is InChI=1S/C28H26N2O4.C5H12.C4H10/c1-3-4-5-6-11-16-34-28(32)24(18-30)26-21-14-9-7-12-19(21)25(23(17-29)27(31)33-2)20-13-8-10-15-22(20)26;1-3-5-4-2;1-3-4-2/h7-10,12-15H,3-6,11,16H2,1-2H3;3-5H2,1-2H3;3-4H2,1-2H3. The van der Waals surface area contributed by atoms with Crippen LogP contribution in [0.3, 0.4) is 0 Å². The second kappa shape index (κ2) is 21.5. The molecule has 0 aliphatic heterocycles. The smallest absolute Gasteiger partial charge is 0.349 e. The van der Waals surface area contributed by atoms with Gasteiger partial charge in [0.25, 0.3) is 0 Å². The van der Waals surface area contributed by atoms with Gasteiger partial charge in [0.2, 0.25) is 0 Å². The number of hydrogen-bond acceptors (Lipinski definition) is 6. The van der Waals surface area contributed by atoms with E-state index in [0.29, 0.717) is 32.0 Å². The van der Waals surface area contributed by atoms with E-state index >= 15 is 0 Å². The van der Waals surface area contributed by atoms with Gasteiger partial charge >= 0.3 is 11.9 Å². The van der Waals surface area contributed by atoms with Gasteiger partial charge < -0.3 is 9.47 Å². The fourth-order valence-corrected chi connectivity index (χ4v) is 4.47. The largest absolute Gasteiger partial charge is 0.465 e. The van der Waals surface area contributed by atoms with Crippen LogP contribution in [-0.4, -0.2) is 25.7 Å². The van der Waals surface area contributed by atoms with E-state index in [1.165, 1.54) is 39.2 Å². The van der Waals surface area contributed by atoms with Crippen molar-refractivity contribution >= 4 is 44.6 Å². The van der Waals surface area contributed by atoms with E-state index in [0.717, 1.165) is 32.1 Å². The zero-order valence-electron chi connectivity index (χ0n) is 26.9. The zero-order chi connectivity index (χ0) is 32.0. The highest BCUT2D eigenvalue weighted by molar-refractivity contribution is 6.22. The molecule has 0 atom stereocenters. The zero-order valence-corrected chi connectivity index (χ0v) is 26.9. The maximum Gasteiger partial charge on any atom is 0.349 e. The average molecular weight is 585 g/mol. The molecule has 6 heteroatoms. The molecule has 0 bridgehead atoms. The van der Waals surface area contributed by atoms with E-state index in [9.17, 15) is 20.1 Å². The Morgan fingerprint density at radius 2 is 0.977 bits per heavy atom. The second-order valence-electron chi connectivity index (χ2n) is 10.2. The number of nitrogens with zero attached hydrogens (tertiary/aromatic N) is 2. The molecular weight excluding hydrogens is 536 g/mol. The Labute approximate surface area is 257 Å². The molecule has 0 spiro atoms. The first-order valence-electron chi connectivity index (χ1n) is 15.7. The maximum atomic E-state index is 13.0. The summed E-state index contributed by atoms with van der Waals surface area (Å²) in [5, 5.41) is 22.9. The maximum absolute atomic E-state index is 13.0. The van der Waals surface area contributed by atoms with E-state index in [1.54, 1.807) is 48.5 Å². The number of carbonyl (C=O) groups excluding carboxylic acids is 2. The number of unbranched alkanes of at least 4 members (excludes halogenated alkanes) is 7. The minimum atomic E-state index is -0.752. The average Bonchev–Trinajstić information content (AvgIpc) is 3.04. The van der Waals surface area contributed by atoms with Crippen LogP contribution in [0.1, 0.15) is 98.8 Å². The molecule has 230 valence electrons. The van der Waals surface area contributed by atoms with E-state index in [2.05, 4.69) is 34.6 Å². The lowest BCUT2D eigenvalue weighted by atomic mass is 9.93. The van der Waals surface area contributed by atoms with E-state index in [1.807, 2.05) is 12.1 Å². The Hall–Kier alpha value is -4.16. The minimum absolute atomic E-state index is 0.107. The van der Waals surface area contributed by atoms with Crippen molar-refractivity contribution in [2.24, 2.45) is 0 Å². The first-order valence-corrected chi connectivity index (χ1v) is 15.7. The number of carbonyl (C=O) groups is 2. The van der Waals surface area contributed by atoms with Crippen molar-refractivity contribution in [1.29, 1.82) is 10.5 Å². The molecule has 3 rings (SSSR count). The summed E-state index contributed by atoms with van der Waals surface area (Å²) in [4.78, 5) is 25.4. The van der Waals surface area contributed by atoms with Gasteiger partial charge in [-0.1, -0.05) is 141 Å². The second-order valence-corrected chi connectivity index (χ2v) is 10.2. The molecule has 0 fully saturated rings. The van der Waals surface area contributed by atoms with E-state index < -0.39 is 11.9 Å². The molecule has 0 aliphatic rings. The normalized spacial score (nSPS) is 9.86. The molecule has 0 heterocycles. The number of nitriles is 2. The molecule has 6 nitrogen and oxygen atoms in total. The molecule has 3 aromatic carbocycles. The van der Waals surface area contributed by atoms with Crippen LogP contribution >= 0.6 is 0 Å². The highest BCUT2D eigenvalue weighted by Gasteiger charge is 2.19. The van der Waals surface area contributed by atoms with Gasteiger partial charge in [0.15, 0.2) is 0 Å². The van der Waals surface area contributed by atoms with Gasteiger partial charge in [0.1, 0.15) is 23.3 Å². The predicted molar refractivity (Wildman–Crippen MR) is 176 cm³/mol. The highest BCUT2D eigenvalue weighted by atomic mass is 16.5. The molecule has 0 N–H and O–H groups in total. The monoisotopic (exact) mass is 584 g/mol. The fourth-order valence-electron chi connectivity index (χ4n) is 4.47. The van der Waals surface area contributed by atoms with Gasteiger partial charge in [0, 0.05) is 10.4 Å². The lowest BCUT2D eigenvalue weighted by molar-refractivity contribution is -0.136. The molecule has 43 heavy (non-hydrogen) atoms. The van der Waals surface area contributed by atoms with Crippen LogP contribution in [0.4, 0.5) is 0 Å². The summed E-state index contributed by atoms with van der Waals surface area (Å²) in [7, 11) is 1.22. The number of ether oxygens (including phenoxy) is 2. The van der Waals surface area contributed by atoms with Crippen molar-refractivity contribution in [1.82, 2.24) is 0 Å². The Morgan fingerprint density at radius 3 is 1.30 bits per heavy atom. The molecule has 0 radical (unpaired) electrons. The number of benzene rings is 3. The third-order valence-electron chi connectivity index (χ3n) is 6.94. The molecule has 0 aromatic heterocycles. The van der Waals surface area contributed by atoms with Crippen LogP contribution in [0.15, 0.2) is 48.5 Å². The van der Waals surface area contributed by atoms with Gasteiger partial charge in [-0.15, -0.1) is 0 Å². The predicted octanol–water partition coefficient (Wildman–Crippen LogP) is 8.03. The van der Waals surface area contributed by atoms with Crippen LogP contribution < -0.4 is 10.4 Å². The summed E-state index contributed by atoms with van der Waals surface area (Å²) in [5.41, 5.74) is -0.251. The molecule has 0 saturated heterocycles. The van der Waals surface area contributed by atoms with Crippen molar-refractivity contribution in [3.05, 3.63) is 59.0 Å². The third-order valence-corrected chi connectivity index (χ3v) is 6.94. The molecule has 0 amide bonds. The van der Waals surface area contributed by atoms with Crippen molar-refractivity contribution in [2.75, 3.05) is 13.7 Å². The molecule has 0 aliphatic carbocycles. The molecule has 0 unspecified atom stereocenters. The van der Waals surface area contributed by atoms with Crippen LogP contribution in [-0.2, 0) is 19.1 Å². The number of fused-ring (bicyclic) bond motifs is 2. The minimum Gasteiger partial charge on any atom is -0.465 e. The van der Waals surface area contributed by atoms with Gasteiger partial charge in [-0.2, -0.15) is 10.5 Å². The molecule has 3 aromatic rings. The summed E-state index contributed by atoms with van der Waals surface area (Å²) >= 11 is 0. The highest BCUT2D eigenvalue weighted by Crippen LogP contribution is 2.17. The van der Waals surface area contributed by atoms with Crippen molar-refractivity contribution in [2.45, 2.75) is 98.8 Å². The van der Waals surface area contributed by atoms with Gasteiger partial charge in [-0.25, -0.2) is 9.59 Å². The SMILES string of the molecule is CCCC.CCCCC.CCCCCCCOC(=O)C(C#N)=c1c2ccccc2c(=C(C#N)C(=O)OC)c2ccccc12.